The first-order chi connectivity index (χ1) is 15.8. The lowest BCUT2D eigenvalue weighted by atomic mass is 9.44. The van der Waals surface area contributed by atoms with E-state index >= 15 is 0 Å². The minimum atomic E-state index is -0.648. The lowest BCUT2D eigenvalue weighted by molar-refractivity contribution is -0.155. The average Bonchev–Trinajstić information content (AvgIpc) is 3.20. The molecule has 1 aliphatic heterocycles. The number of piperidine rings is 1. The predicted octanol–water partition coefficient (Wildman–Crippen LogP) is 3.63. The van der Waals surface area contributed by atoms with Gasteiger partial charge in [0.1, 0.15) is 6.10 Å². The third-order valence-corrected chi connectivity index (χ3v) is 10.9. The Balaban J connectivity index is 1.26. The van der Waals surface area contributed by atoms with Crippen molar-refractivity contribution in [3.05, 3.63) is 0 Å². The van der Waals surface area contributed by atoms with Crippen molar-refractivity contribution in [1.82, 2.24) is 4.90 Å². The Morgan fingerprint density at radius 3 is 2.61 bits per heavy atom. The van der Waals surface area contributed by atoms with E-state index in [1.54, 1.807) is 4.90 Å². The Bertz CT molecular complexity index is 776. The maximum Gasteiger partial charge on any atom is 0.410 e. The molecule has 7 nitrogen and oxygen atoms in total. The van der Waals surface area contributed by atoms with Crippen molar-refractivity contribution in [2.75, 3.05) is 19.6 Å². The zero-order valence-corrected chi connectivity index (χ0v) is 20.1. The Morgan fingerprint density at radius 1 is 1.06 bits per heavy atom. The first-order valence-electron chi connectivity index (χ1n) is 13.3. The molecule has 0 aromatic rings. The fourth-order valence-electron chi connectivity index (χ4n) is 9.24. The number of nitrogens with two attached hydrogens (primary N) is 1. The molecular formula is C26H42N2O5. The molecule has 0 aromatic carbocycles. The van der Waals surface area contributed by atoms with Gasteiger partial charge in [-0.2, -0.15) is 0 Å². The van der Waals surface area contributed by atoms with Crippen LogP contribution in [0.3, 0.4) is 0 Å². The third kappa shape index (κ3) is 3.78. The highest BCUT2D eigenvalue weighted by atomic mass is 16.6. The van der Waals surface area contributed by atoms with E-state index in [4.69, 9.17) is 10.5 Å². The van der Waals surface area contributed by atoms with Crippen molar-refractivity contribution in [3.8, 4) is 0 Å². The molecule has 0 aromatic heterocycles. The number of aliphatic hydroxyl groups excluding tert-OH is 1. The topological polar surface area (TPSA) is 113 Å². The highest BCUT2D eigenvalue weighted by molar-refractivity contribution is 5.72. The number of carboxylic acid groups (broad SMARTS) is 1. The third-order valence-electron chi connectivity index (χ3n) is 10.9. The SMILES string of the molecule is C[C@]12CCC(OC(=O)N3CCCC(O)C3)CC1CC[C@H]1[C@@H]3CCC(C(=O)O)[C@@]3(CN)CC[C@@H]12. The van der Waals surface area contributed by atoms with Gasteiger partial charge in [-0.15, -0.1) is 0 Å². The van der Waals surface area contributed by atoms with Gasteiger partial charge in [-0.05, 0) is 112 Å². The molecule has 7 heteroatoms. The number of nitrogens with zero attached hydrogens (tertiary/aromatic N) is 1. The van der Waals surface area contributed by atoms with Gasteiger partial charge in [-0.1, -0.05) is 6.92 Å². The summed E-state index contributed by atoms with van der Waals surface area (Å²) in [5.74, 6) is 1.29. The van der Waals surface area contributed by atoms with Gasteiger partial charge in [-0.3, -0.25) is 4.79 Å². The molecule has 33 heavy (non-hydrogen) atoms. The zero-order valence-electron chi connectivity index (χ0n) is 20.1. The average molecular weight is 463 g/mol. The molecule has 0 spiro atoms. The normalized spacial score (nSPS) is 47.2. The van der Waals surface area contributed by atoms with Gasteiger partial charge in [0.25, 0.3) is 0 Å². The largest absolute Gasteiger partial charge is 0.481 e. The first-order valence-corrected chi connectivity index (χ1v) is 13.3. The molecule has 5 rings (SSSR count). The molecule has 4 saturated carbocycles. The van der Waals surface area contributed by atoms with Crippen molar-refractivity contribution in [2.45, 2.75) is 89.8 Å². The number of aliphatic hydroxyl groups is 1. The summed E-state index contributed by atoms with van der Waals surface area (Å²) in [7, 11) is 0. The quantitative estimate of drug-likeness (QED) is 0.590. The summed E-state index contributed by atoms with van der Waals surface area (Å²) in [5, 5.41) is 19.8. The number of ether oxygens (including phenoxy) is 1. The molecule has 4 aliphatic carbocycles. The van der Waals surface area contributed by atoms with Crippen LogP contribution in [0.5, 0.6) is 0 Å². The smallest absolute Gasteiger partial charge is 0.410 e. The second-order valence-corrected chi connectivity index (χ2v) is 12.1. The number of carbonyl (C=O) groups excluding carboxylic acids is 1. The van der Waals surface area contributed by atoms with Crippen molar-refractivity contribution in [3.63, 3.8) is 0 Å². The fraction of sp³-hybridized carbons (Fsp3) is 0.923. The second kappa shape index (κ2) is 8.71. The fourth-order valence-corrected chi connectivity index (χ4v) is 9.24. The van der Waals surface area contributed by atoms with E-state index in [2.05, 4.69) is 6.92 Å². The van der Waals surface area contributed by atoms with Crippen molar-refractivity contribution < 1.29 is 24.5 Å². The van der Waals surface area contributed by atoms with Crippen LogP contribution in [0.2, 0.25) is 0 Å². The van der Waals surface area contributed by atoms with Crippen molar-refractivity contribution in [2.24, 2.45) is 46.2 Å². The number of β-amino-alcohol motifs (C(OH)–C–C–N with tert-alkyl or cyclic N) is 1. The monoisotopic (exact) mass is 462 g/mol. The minimum absolute atomic E-state index is 0.0270. The molecule has 5 aliphatic rings. The van der Waals surface area contributed by atoms with Gasteiger partial charge in [0.15, 0.2) is 0 Å². The number of aliphatic carboxylic acids is 1. The summed E-state index contributed by atoms with van der Waals surface area (Å²) in [4.78, 5) is 26.4. The van der Waals surface area contributed by atoms with Crippen molar-refractivity contribution >= 4 is 12.1 Å². The number of hydrogen-bond acceptors (Lipinski definition) is 5. The van der Waals surface area contributed by atoms with Crippen LogP contribution in [0.15, 0.2) is 0 Å². The summed E-state index contributed by atoms with van der Waals surface area (Å²) in [6.07, 6.45) is 9.92. The Kier molecular flexibility index (Phi) is 6.17. The molecule has 4 unspecified atom stereocenters. The molecule has 1 amide bonds. The molecular weight excluding hydrogens is 420 g/mol. The highest BCUT2D eigenvalue weighted by Gasteiger charge is 2.62. The van der Waals surface area contributed by atoms with Gasteiger partial charge >= 0.3 is 12.1 Å². The van der Waals surface area contributed by atoms with Crippen LogP contribution >= 0.6 is 0 Å². The Labute approximate surface area is 197 Å². The van der Waals surface area contributed by atoms with Crippen LogP contribution in [0.4, 0.5) is 4.79 Å². The molecule has 0 radical (unpaired) electrons. The molecule has 0 bridgehead atoms. The summed E-state index contributed by atoms with van der Waals surface area (Å²) < 4.78 is 5.95. The van der Waals surface area contributed by atoms with Gasteiger partial charge in [-0.25, -0.2) is 4.79 Å². The summed E-state index contributed by atoms with van der Waals surface area (Å²) in [5.41, 5.74) is 6.34. The molecule has 186 valence electrons. The Morgan fingerprint density at radius 2 is 1.88 bits per heavy atom. The molecule has 4 N–H and O–H groups in total. The molecule has 1 saturated heterocycles. The first kappa shape index (κ1) is 23.4. The number of carbonyl (C=O) groups is 2. The van der Waals surface area contributed by atoms with Crippen LogP contribution < -0.4 is 5.73 Å². The molecule has 9 atom stereocenters. The van der Waals surface area contributed by atoms with Crippen LogP contribution in [0.25, 0.3) is 0 Å². The highest BCUT2D eigenvalue weighted by Crippen LogP contribution is 2.67. The predicted molar refractivity (Wildman–Crippen MR) is 123 cm³/mol. The van der Waals surface area contributed by atoms with E-state index in [-0.39, 0.29) is 28.9 Å². The summed E-state index contributed by atoms with van der Waals surface area (Å²) >= 11 is 0. The Hall–Kier alpha value is -1.34. The van der Waals surface area contributed by atoms with Crippen molar-refractivity contribution in [1.29, 1.82) is 0 Å². The number of likely N-dealkylation sites (tertiary alicyclic amines) is 1. The number of amides is 1. The standard InChI is InChI=1S/C26H42N2O5/c1-25-10-8-18(33-24(32)28-12-2-3-17(29)14-28)13-16(25)4-5-19-20(25)9-11-26(15-27)21(19)6-7-22(26)23(30)31/h16-22,29H,2-15,27H2,1H3,(H,30,31)/t16?,17?,18?,19-,20+,21+,22?,25+,26-/m1/s1. The minimum Gasteiger partial charge on any atom is -0.481 e. The number of fused-ring (bicyclic) bond motifs is 5. The number of carboxylic acids is 1. The van der Waals surface area contributed by atoms with Crippen LogP contribution in [0.1, 0.15) is 77.6 Å². The summed E-state index contributed by atoms with van der Waals surface area (Å²) in [6.45, 7) is 4.03. The van der Waals surface area contributed by atoms with E-state index < -0.39 is 12.1 Å². The van der Waals surface area contributed by atoms with E-state index in [0.717, 1.165) is 70.6 Å². The van der Waals surface area contributed by atoms with E-state index in [9.17, 15) is 19.8 Å². The maximum atomic E-state index is 12.7. The van der Waals surface area contributed by atoms with Gasteiger partial charge in [0, 0.05) is 13.1 Å². The zero-order chi connectivity index (χ0) is 23.4. The van der Waals surface area contributed by atoms with E-state index in [1.165, 1.54) is 0 Å². The van der Waals surface area contributed by atoms with Crippen LogP contribution in [0, 0.1) is 40.4 Å². The lowest BCUT2D eigenvalue weighted by Crippen LogP contribution is -2.57. The summed E-state index contributed by atoms with van der Waals surface area (Å²) in [6, 6.07) is 0. The van der Waals surface area contributed by atoms with Gasteiger partial charge in [0.2, 0.25) is 0 Å². The lowest BCUT2D eigenvalue weighted by Gasteiger charge is -2.61. The van der Waals surface area contributed by atoms with E-state index in [0.29, 0.717) is 43.3 Å². The molecule has 5 fully saturated rings. The second-order valence-electron chi connectivity index (χ2n) is 12.1. The van der Waals surface area contributed by atoms with Crippen LogP contribution in [-0.2, 0) is 9.53 Å². The van der Waals surface area contributed by atoms with Gasteiger partial charge in [0.05, 0.1) is 12.0 Å². The van der Waals surface area contributed by atoms with Crippen LogP contribution in [-0.4, -0.2) is 59.0 Å². The van der Waals surface area contributed by atoms with Gasteiger partial charge < -0.3 is 25.6 Å². The van der Waals surface area contributed by atoms with E-state index in [1.807, 2.05) is 0 Å². The number of hydrogen-bond donors (Lipinski definition) is 3. The number of rotatable bonds is 3. The maximum absolute atomic E-state index is 12.7. The molecule has 1 heterocycles.